The fourth-order valence-electron chi connectivity index (χ4n) is 3.09. The Morgan fingerprint density at radius 3 is 2.23 bits per heavy atom. The lowest BCUT2D eigenvalue weighted by Gasteiger charge is -2.30. The Balaban J connectivity index is 2.32. The molecule has 0 aliphatic carbocycles. The van der Waals surface area contributed by atoms with Gasteiger partial charge in [0.1, 0.15) is 6.04 Å². The summed E-state index contributed by atoms with van der Waals surface area (Å²) in [6, 6.07) is 10.6. The van der Waals surface area contributed by atoms with Crippen molar-refractivity contribution in [2.45, 2.75) is 66.1 Å². The second kappa shape index (κ2) is 10.8. The number of hydrogen-bond acceptors (Lipinski definition) is 2. The van der Waals surface area contributed by atoms with Crippen LogP contribution in [0.5, 0.6) is 0 Å². The smallest absolute Gasteiger partial charge is 0.242 e. The lowest BCUT2D eigenvalue weighted by molar-refractivity contribution is -0.140. The van der Waals surface area contributed by atoms with Crippen molar-refractivity contribution in [3.8, 4) is 0 Å². The molecular formula is C24H30Cl2N2O2. The van der Waals surface area contributed by atoms with E-state index in [9.17, 15) is 9.59 Å². The third kappa shape index (κ3) is 6.23. The lowest BCUT2D eigenvalue weighted by atomic mass is 10.0. The molecule has 30 heavy (non-hydrogen) atoms. The van der Waals surface area contributed by atoms with E-state index in [1.54, 1.807) is 30.0 Å². The standard InChI is InChI=1S/C24H30Cl2N2O2/c1-6-17(4)27-24(30)18(5)28(14-20-21(25)8-7-9-22(20)26)23(29)13-19-11-10-15(2)16(3)12-19/h7-12,17-18H,6,13-14H2,1-5H3,(H,27,30)/t17-,18-/m1/s1. The van der Waals surface area contributed by atoms with Crippen LogP contribution in [0.1, 0.15) is 49.4 Å². The van der Waals surface area contributed by atoms with Gasteiger partial charge in [-0.25, -0.2) is 0 Å². The van der Waals surface area contributed by atoms with E-state index in [2.05, 4.69) is 5.32 Å². The van der Waals surface area contributed by atoms with Crippen LogP contribution in [0, 0.1) is 13.8 Å². The first kappa shape index (κ1) is 24.2. The predicted molar refractivity (Wildman–Crippen MR) is 124 cm³/mol. The van der Waals surface area contributed by atoms with Crippen molar-refractivity contribution in [1.29, 1.82) is 0 Å². The zero-order valence-corrected chi connectivity index (χ0v) is 19.8. The van der Waals surface area contributed by atoms with Crippen LogP contribution in [0.15, 0.2) is 36.4 Å². The molecule has 0 heterocycles. The minimum atomic E-state index is -0.662. The largest absolute Gasteiger partial charge is 0.352 e. The van der Waals surface area contributed by atoms with Gasteiger partial charge in [0.05, 0.1) is 6.42 Å². The van der Waals surface area contributed by atoms with E-state index >= 15 is 0 Å². The summed E-state index contributed by atoms with van der Waals surface area (Å²) >= 11 is 12.7. The van der Waals surface area contributed by atoms with Gasteiger partial charge in [0, 0.05) is 28.2 Å². The summed E-state index contributed by atoms with van der Waals surface area (Å²) in [5, 5.41) is 3.91. The van der Waals surface area contributed by atoms with Crippen molar-refractivity contribution in [3.05, 3.63) is 68.7 Å². The second-order valence-corrected chi connectivity index (χ2v) is 8.63. The third-order valence-electron chi connectivity index (χ3n) is 5.49. The highest BCUT2D eigenvalue weighted by atomic mass is 35.5. The first-order chi connectivity index (χ1) is 14.1. The molecule has 0 radical (unpaired) electrons. The molecule has 0 bridgehead atoms. The Morgan fingerprint density at radius 1 is 1.03 bits per heavy atom. The van der Waals surface area contributed by atoms with Crippen molar-refractivity contribution in [3.63, 3.8) is 0 Å². The predicted octanol–water partition coefficient (Wildman–Crippen LogP) is 5.48. The zero-order chi connectivity index (χ0) is 22.4. The monoisotopic (exact) mass is 448 g/mol. The van der Waals surface area contributed by atoms with E-state index in [0.29, 0.717) is 15.6 Å². The van der Waals surface area contributed by atoms with E-state index in [4.69, 9.17) is 23.2 Å². The van der Waals surface area contributed by atoms with Crippen LogP contribution in [-0.4, -0.2) is 28.8 Å². The third-order valence-corrected chi connectivity index (χ3v) is 6.19. The SMILES string of the molecule is CC[C@@H](C)NC(=O)[C@@H](C)N(Cc1c(Cl)cccc1Cl)C(=O)Cc1ccc(C)c(C)c1. The molecule has 0 aromatic heterocycles. The van der Waals surface area contributed by atoms with Crippen molar-refractivity contribution in [2.24, 2.45) is 0 Å². The highest BCUT2D eigenvalue weighted by Crippen LogP contribution is 2.27. The maximum atomic E-state index is 13.3. The average molecular weight is 449 g/mol. The summed E-state index contributed by atoms with van der Waals surface area (Å²) in [6.45, 7) is 9.90. The van der Waals surface area contributed by atoms with Crippen molar-refractivity contribution >= 4 is 35.0 Å². The number of carbonyl (C=O) groups excluding carboxylic acids is 2. The molecular weight excluding hydrogens is 419 g/mol. The van der Waals surface area contributed by atoms with E-state index in [1.165, 1.54) is 5.56 Å². The summed E-state index contributed by atoms with van der Waals surface area (Å²) in [6.07, 6.45) is 1.01. The van der Waals surface area contributed by atoms with Crippen molar-refractivity contribution in [2.75, 3.05) is 0 Å². The Bertz CT molecular complexity index is 894. The number of halogens is 2. The van der Waals surface area contributed by atoms with Crippen LogP contribution >= 0.6 is 23.2 Å². The number of nitrogens with zero attached hydrogens (tertiary/aromatic N) is 1. The van der Waals surface area contributed by atoms with Gasteiger partial charge in [0.15, 0.2) is 0 Å². The molecule has 2 atom stereocenters. The topological polar surface area (TPSA) is 49.4 Å². The average Bonchev–Trinajstić information content (AvgIpc) is 2.69. The molecule has 0 saturated carbocycles. The van der Waals surface area contributed by atoms with Crippen LogP contribution in [0.4, 0.5) is 0 Å². The van der Waals surface area contributed by atoms with Gasteiger partial charge in [-0.3, -0.25) is 9.59 Å². The normalized spacial score (nSPS) is 12.9. The number of benzene rings is 2. The molecule has 2 aromatic carbocycles. The van der Waals surface area contributed by atoms with E-state index in [0.717, 1.165) is 17.5 Å². The molecule has 1 N–H and O–H groups in total. The van der Waals surface area contributed by atoms with Crippen molar-refractivity contribution < 1.29 is 9.59 Å². The number of carbonyl (C=O) groups is 2. The number of rotatable bonds is 8. The van der Waals surface area contributed by atoms with Gasteiger partial charge in [-0.05, 0) is 62.9 Å². The van der Waals surface area contributed by atoms with Crippen molar-refractivity contribution in [1.82, 2.24) is 10.2 Å². The summed E-state index contributed by atoms with van der Waals surface area (Å²) in [5.41, 5.74) is 3.85. The number of hydrogen-bond donors (Lipinski definition) is 1. The Hall–Kier alpha value is -2.04. The molecule has 0 aliphatic heterocycles. The zero-order valence-electron chi connectivity index (χ0n) is 18.3. The number of amides is 2. The van der Waals surface area contributed by atoms with Gasteiger partial charge >= 0.3 is 0 Å². The fraction of sp³-hybridized carbons (Fsp3) is 0.417. The molecule has 0 spiro atoms. The molecule has 2 amide bonds. The first-order valence-electron chi connectivity index (χ1n) is 10.2. The Labute approximate surface area is 189 Å². The number of nitrogens with one attached hydrogen (secondary N) is 1. The Kier molecular flexibility index (Phi) is 8.75. The molecule has 162 valence electrons. The van der Waals surface area contributed by atoms with Crippen LogP contribution < -0.4 is 5.32 Å². The highest BCUT2D eigenvalue weighted by molar-refractivity contribution is 6.36. The summed E-state index contributed by atoms with van der Waals surface area (Å²) in [7, 11) is 0. The Morgan fingerprint density at radius 2 is 1.67 bits per heavy atom. The van der Waals surface area contributed by atoms with Gasteiger partial charge in [0.2, 0.25) is 11.8 Å². The van der Waals surface area contributed by atoms with Crippen LogP contribution in [0.25, 0.3) is 0 Å². The summed E-state index contributed by atoms with van der Waals surface area (Å²) in [5.74, 6) is -0.345. The lowest BCUT2D eigenvalue weighted by Crippen LogP contribution is -2.50. The van der Waals surface area contributed by atoms with Crippen LogP contribution in [0.2, 0.25) is 10.0 Å². The molecule has 2 rings (SSSR count). The van der Waals surface area contributed by atoms with Crippen LogP contribution in [0.3, 0.4) is 0 Å². The molecule has 0 aliphatic rings. The van der Waals surface area contributed by atoms with Crippen LogP contribution in [-0.2, 0) is 22.6 Å². The molecule has 0 fully saturated rings. The molecule has 4 nitrogen and oxygen atoms in total. The first-order valence-corrected chi connectivity index (χ1v) is 11.0. The molecule has 6 heteroatoms. The van der Waals surface area contributed by atoms with E-state index in [-0.39, 0.29) is 30.8 Å². The highest BCUT2D eigenvalue weighted by Gasteiger charge is 2.28. The summed E-state index contributed by atoms with van der Waals surface area (Å²) in [4.78, 5) is 27.7. The van der Waals surface area contributed by atoms with Gasteiger partial charge in [-0.15, -0.1) is 0 Å². The maximum Gasteiger partial charge on any atom is 0.242 e. The fourth-order valence-corrected chi connectivity index (χ4v) is 3.61. The second-order valence-electron chi connectivity index (χ2n) is 7.81. The van der Waals surface area contributed by atoms with E-state index < -0.39 is 6.04 Å². The molecule has 0 saturated heterocycles. The summed E-state index contributed by atoms with van der Waals surface area (Å²) < 4.78 is 0. The maximum absolute atomic E-state index is 13.3. The molecule has 0 unspecified atom stereocenters. The quantitative estimate of drug-likeness (QED) is 0.580. The van der Waals surface area contributed by atoms with E-state index in [1.807, 2.05) is 45.9 Å². The van der Waals surface area contributed by atoms with Gasteiger partial charge in [-0.1, -0.05) is 54.4 Å². The number of aryl methyl sites for hydroxylation is 2. The van der Waals surface area contributed by atoms with Gasteiger partial charge < -0.3 is 10.2 Å². The minimum absolute atomic E-state index is 0.0283. The van der Waals surface area contributed by atoms with Gasteiger partial charge in [-0.2, -0.15) is 0 Å². The minimum Gasteiger partial charge on any atom is -0.352 e. The molecule has 2 aromatic rings. The van der Waals surface area contributed by atoms with Gasteiger partial charge in [0.25, 0.3) is 0 Å².